The number of ether oxygens (including phenoxy) is 1. The van der Waals surface area contributed by atoms with Crippen LogP contribution in [0.2, 0.25) is 5.02 Å². The number of amides is 3. The Morgan fingerprint density at radius 2 is 1.76 bits per heavy atom. The van der Waals surface area contributed by atoms with E-state index < -0.39 is 102 Å². The molecule has 15 heteroatoms. The molecule has 246 valence electrons. The van der Waals surface area contributed by atoms with Crippen LogP contribution in [-0.4, -0.2) is 82.6 Å². The third-order valence-corrected chi connectivity index (χ3v) is 7.64. The Kier molecular flexibility index (Phi) is 12.7. The number of aromatic carboxylic acids is 1. The van der Waals surface area contributed by atoms with Gasteiger partial charge in [-0.2, -0.15) is 0 Å². The van der Waals surface area contributed by atoms with Crippen LogP contribution in [0.25, 0.3) is 0 Å². The summed E-state index contributed by atoms with van der Waals surface area (Å²) in [6, 6.07) is 5.04. The molecular formula is C30H34ClF4N3O7. The lowest BCUT2D eigenvalue weighted by Gasteiger charge is -2.28. The molecule has 1 fully saturated rings. The van der Waals surface area contributed by atoms with Crippen molar-refractivity contribution in [2.24, 2.45) is 5.92 Å². The highest BCUT2D eigenvalue weighted by Gasteiger charge is 2.43. The summed E-state index contributed by atoms with van der Waals surface area (Å²) in [5.74, 6) is -7.17. The molecule has 0 radical (unpaired) electrons. The normalized spacial score (nSPS) is 17.8. The number of benzene rings is 2. The molecular weight excluding hydrogens is 626 g/mol. The van der Waals surface area contributed by atoms with Crippen LogP contribution in [0.1, 0.15) is 48.2 Å². The Morgan fingerprint density at radius 1 is 1.11 bits per heavy atom. The maximum atomic E-state index is 14.2. The van der Waals surface area contributed by atoms with E-state index in [4.69, 9.17) is 21.4 Å². The number of rotatable bonds is 14. The predicted molar refractivity (Wildman–Crippen MR) is 154 cm³/mol. The van der Waals surface area contributed by atoms with Crippen molar-refractivity contribution in [1.82, 2.24) is 15.5 Å². The van der Waals surface area contributed by atoms with Gasteiger partial charge in [0.15, 0.2) is 0 Å². The molecule has 0 aliphatic carbocycles. The van der Waals surface area contributed by atoms with E-state index in [1.807, 2.05) is 0 Å². The number of hydrogen-bond acceptors (Lipinski definition) is 6. The van der Waals surface area contributed by atoms with E-state index >= 15 is 0 Å². The van der Waals surface area contributed by atoms with Crippen molar-refractivity contribution in [3.05, 3.63) is 69.7 Å². The number of nitrogens with zero attached hydrogens (tertiary/aromatic N) is 1. The lowest BCUT2D eigenvalue weighted by molar-refractivity contribution is -0.147. The minimum Gasteiger partial charge on any atom is -0.478 e. The molecule has 4 atom stereocenters. The molecule has 0 saturated carbocycles. The number of alkyl halides is 2. The Bertz CT molecular complexity index is 1370. The second kappa shape index (κ2) is 16.0. The van der Waals surface area contributed by atoms with Crippen molar-refractivity contribution in [2.75, 3.05) is 13.1 Å². The number of nitrogens with one attached hydrogen (secondary N) is 2. The van der Waals surface area contributed by atoms with Crippen LogP contribution in [0.5, 0.6) is 0 Å². The van der Waals surface area contributed by atoms with Crippen LogP contribution in [0, 0.1) is 17.6 Å². The summed E-state index contributed by atoms with van der Waals surface area (Å²) < 4.78 is 61.2. The van der Waals surface area contributed by atoms with Gasteiger partial charge in [0.05, 0.1) is 18.3 Å². The van der Waals surface area contributed by atoms with Gasteiger partial charge in [0, 0.05) is 36.5 Å². The molecule has 10 nitrogen and oxygen atoms in total. The van der Waals surface area contributed by atoms with Crippen LogP contribution in [0.15, 0.2) is 36.4 Å². The first kappa shape index (κ1) is 35.7. The SMILES string of the molecule is CC(C)[C@H](O)C(=O)N1C[C@H](OCc2ccccc2Cl)CC1C(=O)N[C@@H](CC(F)F)C(=O)NCCc1c(F)cc(C(=O)O)cc1F. The van der Waals surface area contributed by atoms with Crippen molar-refractivity contribution >= 4 is 35.3 Å². The molecule has 0 spiro atoms. The molecule has 1 aliphatic heterocycles. The van der Waals surface area contributed by atoms with Gasteiger partial charge in [0.2, 0.25) is 18.2 Å². The summed E-state index contributed by atoms with van der Waals surface area (Å²) in [6.07, 6.45) is -6.81. The highest BCUT2D eigenvalue weighted by atomic mass is 35.5. The van der Waals surface area contributed by atoms with Gasteiger partial charge in [-0.25, -0.2) is 22.4 Å². The van der Waals surface area contributed by atoms with Crippen molar-refractivity contribution < 1.29 is 51.7 Å². The maximum Gasteiger partial charge on any atom is 0.335 e. The number of carboxylic acid groups (broad SMARTS) is 1. The quantitative estimate of drug-likeness (QED) is 0.228. The maximum absolute atomic E-state index is 14.2. The van der Waals surface area contributed by atoms with Crippen molar-refractivity contribution in [1.29, 1.82) is 0 Å². The summed E-state index contributed by atoms with van der Waals surface area (Å²) in [6.45, 7) is 2.71. The largest absolute Gasteiger partial charge is 0.478 e. The molecule has 1 saturated heterocycles. The number of aliphatic hydroxyl groups excluding tert-OH is 1. The third-order valence-electron chi connectivity index (χ3n) is 7.27. The van der Waals surface area contributed by atoms with Gasteiger partial charge >= 0.3 is 5.97 Å². The number of hydrogen-bond donors (Lipinski definition) is 4. The number of aliphatic hydroxyl groups is 1. The van der Waals surface area contributed by atoms with Crippen LogP contribution in [-0.2, 0) is 32.1 Å². The summed E-state index contributed by atoms with van der Waals surface area (Å²) in [7, 11) is 0. The van der Waals surface area contributed by atoms with Crippen LogP contribution < -0.4 is 10.6 Å². The minimum atomic E-state index is -3.03. The molecule has 2 aromatic carbocycles. The van der Waals surface area contributed by atoms with E-state index in [0.717, 1.165) is 4.90 Å². The average molecular weight is 660 g/mol. The molecule has 3 amide bonds. The zero-order chi connectivity index (χ0) is 33.4. The number of carbonyl (C=O) groups is 4. The Balaban J connectivity index is 1.71. The highest BCUT2D eigenvalue weighted by Crippen LogP contribution is 2.26. The number of carboxylic acids is 1. The smallest absolute Gasteiger partial charge is 0.335 e. The van der Waals surface area contributed by atoms with Gasteiger partial charge in [0.1, 0.15) is 29.8 Å². The monoisotopic (exact) mass is 659 g/mol. The molecule has 1 unspecified atom stereocenters. The van der Waals surface area contributed by atoms with Gasteiger partial charge in [-0.05, 0) is 36.1 Å². The molecule has 1 heterocycles. The van der Waals surface area contributed by atoms with Crippen molar-refractivity contribution in [3.63, 3.8) is 0 Å². The lowest BCUT2D eigenvalue weighted by atomic mass is 10.1. The second-order valence-electron chi connectivity index (χ2n) is 10.9. The van der Waals surface area contributed by atoms with Crippen molar-refractivity contribution in [2.45, 2.75) is 70.4 Å². The topological polar surface area (TPSA) is 145 Å². The molecule has 1 aliphatic rings. The highest BCUT2D eigenvalue weighted by molar-refractivity contribution is 6.31. The van der Waals surface area contributed by atoms with Crippen LogP contribution in [0.3, 0.4) is 0 Å². The lowest BCUT2D eigenvalue weighted by Crippen LogP contribution is -2.55. The van der Waals surface area contributed by atoms with E-state index in [0.29, 0.717) is 22.7 Å². The van der Waals surface area contributed by atoms with Gasteiger partial charge in [-0.1, -0.05) is 43.6 Å². The second-order valence-corrected chi connectivity index (χ2v) is 11.3. The van der Waals surface area contributed by atoms with E-state index in [9.17, 15) is 41.8 Å². The summed E-state index contributed by atoms with van der Waals surface area (Å²) >= 11 is 6.18. The summed E-state index contributed by atoms with van der Waals surface area (Å²) in [5, 5.41) is 24.3. The third kappa shape index (κ3) is 9.62. The standard InChI is InChI=1S/C30H34ClF4N3O7/c1-15(2)26(39)29(42)38-13-18(45-14-16-5-3-4-6-20(16)31)11-24(38)28(41)37-23(12-25(34)35)27(40)36-8-7-19-21(32)9-17(30(43)44)10-22(19)33/h3-6,9-10,15,18,23-26,39H,7-8,11-14H2,1-2H3,(H,36,40)(H,37,41)(H,43,44)/t18-,23+,24?,26+/m1/s1. The number of likely N-dealkylation sites (tertiary alicyclic amines) is 1. The summed E-state index contributed by atoms with van der Waals surface area (Å²) in [4.78, 5) is 51.3. The molecule has 45 heavy (non-hydrogen) atoms. The molecule has 4 N–H and O–H groups in total. The first-order chi connectivity index (χ1) is 21.2. The van der Waals surface area contributed by atoms with E-state index in [2.05, 4.69) is 10.6 Å². The van der Waals surface area contributed by atoms with E-state index in [1.165, 1.54) is 0 Å². The minimum absolute atomic E-state index is 0.0457. The fourth-order valence-electron chi connectivity index (χ4n) is 4.77. The Morgan fingerprint density at radius 3 is 2.33 bits per heavy atom. The zero-order valence-corrected chi connectivity index (χ0v) is 25.2. The van der Waals surface area contributed by atoms with Crippen LogP contribution >= 0.6 is 11.6 Å². The van der Waals surface area contributed by atoms with Gasteiger partial charge in [-0.15, -0.1) is 0 Å². The molecule has 0 aromatic heterocycles. The summed E-state index contributed by atoms with van der Waals surface area (Å²) in [5.41, 5.74) is -0.492. The first-order valence-electron chi connectivity index (χ1n) is 14.1. The Hall–Kier alpha value is -3.75. The molecule has 3 rings (SSSR count). The average Bonchev–Trinajstić information content (AvgIpc) is 3.41. The Labute approximate surface area is 261 Å². The molecule has 0 bridgehead atoms. The first-order valence-corrected chi connectivity index (χ1v) is 14.5. The fourth-order valence-corrected chi connectivity index (χ4v) is 4.96. The van der Waals surface area contributed by atoms with E-state index in [1.54, 1.807) is 38.1 Å². The van der Waals surface area contributed by atoms with Crippen molar-refractivity contribution in [3.8, 4) is 0 Å². The fraction of sp³-hybridized carbons (Fsp3) is 0.467. The van der Waals surface area contributed by atoms with Gasteiger partial charge in [0.25, 0.3) is 5.91 Å². The van der Waals surface area contributed by atoms with Gasteiger partial charge in [-0.3, -0.25) is 14.4 Å². The molecule has 2 aromatic rings. The van der Waals surface area contributed by atoms with Gasteiger partial charge < -0.3 is 30.5 Å². The predicted octanol–water partition coefficient (Wildman–Crippen LogP) is 3.32. The number of carbonyl (C=O) groups excluding carboxylic acids is 3. The number of halogens is 5. The van der Waals surface area contributed by atoms with Crippen LogP contribution in [0.4, 0.5) is 17.6 Å². The van der Waals surface area contributed by atoms with E-state index in [-0.39, 0.29) is 19.6 Å². The zero-order valence-electron chi connectivity index (χ0n) is 24.4.